The third-order valence-corrected chi connectivity index (χ3v) is 4.64. The number of hydrogen-bond acceptors (Lipinski definition) is 4. The Morgan fingerprint density at radius 1 is 1.23 bits per heavy atom. The van der Waals surface area contributed by atoms with Crippen LogP contribution in [0, 0.1) is 5.92 Å². The summed E-state index contributed by atoms with van der Waals surface area (Å²) in [4.78, 5) is 6.53. The van der Waals surface area contributed by atoms with Crippen LogP contribution in [0.1, 0.15) is 42.3 Å². The minimum atomic E-state index is -0.368. The average molecular weight is 298 g/mol. The molecule has 1 atom stereocenters. The van der Waals surface area contributed by atoms with Crippen LogP contribution in [-0.2, 0) is 19.6 Å². The van der Waals surface area contributed by atoms with Gasteiger partial charge in [-0.15, -0.1) is 0 Å². The quantitative estimate of drug-likeness (QED) is 0.939. The number of aryl methyl sites for hydroxylation is 1. The monoisotopic (exact) mass is 298 g/mol. The van der Waals surface area contributed by atoms with Crippen LogP contribution in [0.25, 0.3) is 0 Å². The Balaban J connectivity index is 1.50. The molecule has 1 aliphatic heterocycles. The molecule has 1 unspecified atom stereocenters. The molecule has 0 spiro atoms. The number of hydrogen-bond donors (Lipinski definition) is 1. The second-order valence-electron chi connectivity index (χ2n) is 6.49. The van der Waals surface area contributed by atoms with Crippen molar-refractivity contribution < 1.29 is 5.11 Å². The number of aliphatic hydroxyl groups excluding tert-OH is 1. The Morgan fingerprint density at radius 2 is 2.05 bits per heavy atom. The summed E-state index contributed by atoms with van der Waals surface area (Å²) in [5.41, 5.74) is 3.38. The van der Waals surface area contributed by atoms with E-state index in [9.17, 15) is 5.11 Å². The van der Waals surface area contributed by atoms with Gasteiger partial charge in [0.1, 0.15) is 6.10 Å². The van der Waals surface area contributed by atoms with Gasteiger partial charge in [0.05, 0.1) is 11.4 Å². The summed E-state index contributed by atoms with van der Waals surface area (Å²) in [5.74, 6) is 0.437. The summed E-state index contributed by atoms with van der Waals surface area (Å²) < 4.78 is 2.09. The van der Waals surface area contributed by atoms with E-state index in [1.165, 1.54) is 11.3 Å². The number of aromatic nitrogens is 3. The van der Waals surface area contributed by atoms with Crippen LogP contribution in [0.5, 0.6) is 0 Å². The van der Waals surface area contributed by atoms with Gasteiger partial charge in [-0.25, -0.2) is 0 Å². The first-order valence-corrected chi connectivity index (χ1v) is 8.15. The van der Waals surface area contributed by atoms with Gasteiger partial charge in [0.15, 0.2) is 0 Å². The molecule has 4 rings (SSSR count). The van der Waals surface area contributed by atoms with E-state index in [4.69, 9.17) is 0 Å². The molecule has 0 radical (unpaired) electrons. The van der Waals surface area contributed by atoms with Gasteiger partial charge >= 0.3 is 0 Å². The smallest absolute Gasteiger partial charge is 0.101 e. The zero-order valence-electron chi connectivity index (χ0n) is 12.7. The average Bonchev–Trinajstić information content (AvgIpc) is 3.33. The fourth-order valence-corrected chi connectivity index (χ4v) is 3.23. The Kier molecular flexibility index (Phi) is 3.68. The van der Waals surface area contributed by atoms with Gasteiger partial charge in [0.25, 0.3) is 0 Å². The highest BCUT2D eigenvalue weighted by atomic mass is 16.3. The predicted molar refractivity (Wildman–Crippen MR) is 82.9 cm³/mol. The third-order valence-electron chi connectivity index (χ3n) is 4.64. The number of nitrogens with zero attached hydrogens (tertiary/aromatic N) is 4. The summed E-state index contributed by atoms with van der Waals surface area (Å²) in [6.45, 7) is 3.85. The molecule has 1 fully saturated rings. The molecular weight excluding hydrogens is 276 g/mol. The van der Waals surface area contributed by atoms with E-state index in [1.54, 1.807) is 0 Å². The first-order chi connectivity index (χ1) is 10.8. The molecule has 0 aromatic carbocycles. The SMILES string of the molecule is OC(c1cc2n(n1)CCCN(Cc1ccncc1)C2)C1CC1. The Hall–Kier alpha value is -1.72. The zero-order chi connectivity index (χ0) is 14.9. The standard InChI is InChI=1S/C17H22N4O/c22-17(14-2-3-14)16-10-15-12-20(8-1-9-21(15)19-16)11-13-4-6-18-7-5-13/h4-7,10,14,17,22H,1-3,8-9,11-12H2. The van der Waals surface area contributed by atoms with Crippen molar-refractivity contribution in [2.75, 3.05) is 6.54 Å². The van der Waals surface area contributed by atoms with Crippen LogP contribution >= 0.6 is 0 Å². The molecule has 0 bridgehead atoms. The zero-order valence-corrected chi connectivity index (χ0v) is 12.7. The summed E-state index contributed by atoms with van der Waals surface area (Å²) in [6, 6.07) is 6.25. The van der Waals surface area contributed by atoms with Crippen LogP contribution < -0.4 is 0 Å². The van der Waals surface area contributed by atoms with Crippen LogP contribution in [0.2, 0.25) is 0 Å². The maximum atomic E-state index is 10.3. The van der Waals surface area contributed by atoms with Gasteiger partial charge in [0, 0.05) is 38.6 Å². The van der Waals surface area contributed by atoms with Crippen molar-refractivity contribution in [1.82, 2.24) is 19.7 Å². The van der Waals surface area contributed by atoms with Gasteiger partial charge in [-0.05, 0) is 48.9 Å². The van der Waals surface area contributed by atoms with E-state index < -0.39 is 0 Å². The van der Waals surface area contributed by atoms with Gasteiger partial charge in [-0.1, -0.05) is 0 Å². The van der Waals surface area contributed by atoms with Gasteiger partial charge in [-0.2, -0.15) is 5.10 Å². The van der Waals surface area contributed by atoms with E-state index in [0.29, 0.717) is 5.92 Å². The number of fused-ring (bicyclic) bond motifs is 1. The molecule has 1 aliphatic carbocycles. The van der Waals surface area contributed by atoms with E-state index in [-0.39, 0.29) is 6.10 Å². The lowest BCUT2D eigenvalue weighted by Gasteiger charge is -2.19. The first-order valence-electron chi connectivity index (χ1n) is 8.15. The Labute approximate surface area is 130 Å². The molecule has 3 heterocycles. The molecule has 1 saturated carbocycles. The van der Waals surface area contributed by atoms with Crippen molar-refractivity contribution in [3.63, 3.8) is 0 Å². The molecule has 116 valence electrons. The summed E-state index contributed by atoms with van der Waals surface area (Å²) in [7, 11) is 0. The van der Waals surface area contributed by atoms with E-state index in [0.717, 1.165) is 51.1 Å². The van der Waals surface area contributed by atoms with Crippen LogP contribution in [-0.4, -0.2) is 31.3 Å². The normalized spacial score (nSPS) is 20.4. The fraction of sp³-hybridized carbons (Fsp3) is 0.529. The van der Waals surface area contributed by atoms with E-state index in [2.05, 4.69) is 37.9 Å². The van der Waals surface area contributed by atoms with Gasteiger partial charge in [-0.3, -0.25) is 14.6 Å². The summed E-state index contributed by atoms with van der Waals surface area (Å²) in [6.07, 6.45) is 6.70. The molecule has 2 aliphatic rings. The second kappa shape index (κ2) is 5.82. The van der Waals surface area contributed by atoms with Crippen LogP contribution in [0.15, 0.2) is 30.6 Å². The Bertz CT molecular complexity index is 635. The van der Waals surface area contributed by atoms with Crippen molar-refractivity contribution in [2.45, 2.75) is 45.0 Å². The molecule has 2 aromatic rings. The molecule has 22 heavy (non-hydrogen) atoms. The van der Waals surface area contributed by atoms with Crippen molar-refractivity contribution in [3.05, 3.63) is 47.5 Å². The lowest BCUT2D eigenvalue weighted by Crippen LogP contribution is -2.22. The lowest BCUT2D eigenvalue weighted by molar-refractivity contribution is 0.148. The highest BCUT2D eigenvalue weighted by Crippen LogP contribution is 2.40. The van der Waals surface area contributed by atoms with Crippen molar-refractivity contribution in [1.29, 1.82) is 0 Å². The lowest BCUT2D eigenvalue weighted by atomic mass is 10.1. The fourth-order valence-electron chi connectivity index (χ4n) is 3.23. The highest BCUT2D eigenvalue weighted by Gasteiger charge is 2.33. The molecule has 1 N–H and O–H groups in total. The van der Waals surface area contributed by atoms with Crippen molar-refractivity contribution in [3.8, 4) is 0 Å². The molecule has 0 saturated heterocycles. The summed E-state index contributed by atoms with van der Waals surface area (Å²) in [5, 5.41) is 14.9. The molecular formula is C17H22N4O. The topological polar surface area (TPSA) is 54.2 Å². The van der Waals surface area contributed by atoms with Crippen LogP contribution in [0.4, 0.5) is 0 Å². The maximum Gasteiger partial charge on any atom is 0.101 e. The largest absolute Gasteiger partial charge is 0.386 e. The van der Waals surface area contributed by atoms with E-state index in [1.807, 2.05) is 12.4 Å². The summed E-state index contributed by atoms with van der Waals surface area (Å²) >= 11 is 0. The minimum Gasteiger partial charge on any atom is -0.386 e. The molecule has 2 aromatic heterocycles. The molecule has 5 nitrogen and oxygen atoms in total. The molecule has 0 amide bonds. The van der Waals surface area contributed by atoms with Crippen molar-refractivity contribution >= 4 is 0 Å². The third kappa shape index (κ3) is 2.91. The van der Waals surface area contributed by atoms with Crippen molar-refractivity contribution in [2.24, 2.45) is 5.92 Å². The van der Waals surface area contributed by atoms with E-state index >= 15 is 0 Å². The Morgan fingerprint density at radius 3 is 2.82 bits per heavy atom. The van der Waals surface area contributed by atoms with Crippen LogP contribution in [0.3, 0.4) is 0 Å². The predicted octanol–water partition coefficient (Wildman–Crippen LogP) is 2.13. The molecule has 5 heteroatoms. The number of rotatable bonds is 4. The maximum absolute atomic E-state index is 10.3. The number of aliphatic hydroxyl groups is 1. The number of pyridine rings is 1. The van der Waals surface area contributed by atoms with Gasteiger partial charge in [0.2, 0.25) is 0 Å². The minimum absolute atomic E-state index is 0.368. The first kappa shape index (κ1) is 13.9. The second-order valence-corrected chi connectivity index (χ2v) is 6.49. The van der Waals surface area contributed by atoms with Gasteiger partial charge < -0.3 is 5.11 Å². The highest BCUT2D eigenvalue weighted by molar-refractivity contribution is 5.16.